The molecule has 1 fully saturated rings. The van der Waals surface area contributed by atoms with Crippen LogP contribution in [0.5, 0.6) is 0 Å². The van der Waals surface area contributed by atoms with E-state index < -0.39 is 0 Å². The van der Waals surface area contributed by atoms with E-state index in [0.717, 1.165) is 44.2 Å². The lowest BCUT2D eigenvalue weighted by atomic mass is 10.1. The lowest BCUT2D eigenvalue weighted by Crippen LogP contribution is -2.43. The SMILES string of the molecule is Cc1nn(-c2ccccn2)c(C)c1CN1CCNCC1. The minimum absolute atomic E-state index is 0.889. The molecule has 0 amide bonds. The molecule has 1 aliphatic rings. The van der Waals surface area contributed by atoms with Crippen molar-refractivity contribution in [3.63, 3.8) is 0 Å². The van der Waals surface area contributed by atoms with E-state index in [1.54, 1.807) is 0 Å². The number of nitrogens with zero attached hydrogens (tertiary/aromatic N) is 4. The van der Waals surface area contributed by atoms with Crippen molar-refractivity contribution >= 4 is 0 Å². The van der Waals surface area contributed by atoms with Crippen LogP contribution >= 0.6 is 0 Å². The maximum atomic E-state index is 4.66. The minimum atomic E-state index is 0.889. The molecular weight excluding hydrogens is 250 g/mol. The molecule has 0 aromatic carbocycles. The Balaban J connectivity index is 1.87. The summed E-state index contributed by atoms with van der Waals surface area (Å²) in [5, 5.41) is 8.05. The van der Waals surface area contributed by atoms with Gasteiger partial charge in [-0.05, 0) is 26.0 Å². The number of pyridine rings is 1. The van der Waals surface area contributed by atoms with Gasteiger partial charge < -0.3 is 5.32 Å². The molecule has 1 aliphatic heterocycles. The summed E-state index contributed by atoms with van der Waals surface area (Å²) in [5.41, 5.74) is 3.63. The maximum Gasteiger partial charge on any atom is 0.153 e. The molecule has 5 nitrogen and oxygen atoms in total. The van der Waals surface area contributed by atoms with Crippen LogP contribution in [0, 0.1) is 13.8 Å². The van der Waals surface area contributed by atoms with Crippen LogP contribution in [0.2, 0.25) is 0 Å². The summed E-state index contributed by atoms with van der Waals surface area (Å²) in [6.07, 6.45) is 1.81. The lowest BCUT2D eigenvalue weighted by molar-refractivity contribution is 0.232. The summed E-state index contributed by atoms with van der Waals surface area (Å²) in [4.78, 5) is 6.87. The second kappa shape index (κ2) is 5.73. The van der Waals surface area contributed by atoms with E-state index in [0.29, 0.717) is 0 Å². The standard InChI is InChI=1S/C15H21N5/c1-12-14(11-19-9-7-16-8-10-19)13(2)20(18-12)15-5-3-4-6-17-15/h3-6,16H,7-11H2,1-2H3. The number of nitrogens with one attached hydrogen (secondary N) is 1. The van der Waals surface area contributed by atoms with Crippen LogP contribution in [-0.2, 0) is 6.54 Å². The Kier molecular flexibility index (Phi) is 3.80. The van der Waals surface area contributed by atoms with E-state index in [2.05, 4.69) is 34.1 Å². The van der Waals surface area contributed by atoms with Crippen molar-refractivity contribution in [2.24, 2.45) is 0 Å². The van der Waals surface area contributed by atoms with Crippen molar-refractivity contribution in [3.05, 3.63) is 41.3 Å². The average molecular weight is 271 g/mol. The van der Waals surface area contributed by atoms with Gasteiger partial charge in [0.15, 0.2) is 5.82 Å². The fourth-order valence-corrected chi connectivity index (χ4v) is 2.70. The van der Waals surface area contributed by atoms with Gasteiger partial charge in [-0.1, -0.05) is 6.07 Å². The smallest absolute Gasteiger partial charge is 0.153 e. The van der Waals surface area contributed by atoms with E-state index in [1.807, 2.05) is 29.1 Å². The summed E-state index contributed by atoms with van der Waals surface area (Å²) in [5.74, 6) is 0.889. The molecule has 0 spiro atoms. The van der Waals surface area contributed by atoms with Crippen molar-refractivity contribution in [2.75, 3.05) is 26.2 Å². The molecule has 5 heteroatoms. The van der Waals surface area contributed by atoms with Gasteiger partial charge in [-0.25, -0.2) is 9.67 Å². The molecule has 0 radical (unpaired) electrons. The number of piperazine rings is 1. The first-order valence-corrected chi connectivity index (χ1v) is 7.15. The average Bonchev–Trinajstić information content (AvgIpc) is 2.77. The molecule has 0 aliphatic carbocycles. The molecular formula is C15H21N5. The van der Waals surface area contributed by atoms with Crippen molar-refractivity contribution < 1.29 is 0 Å². The van der Waals surface area contributed by atoms with Crippen molar-refractivity contribution in [1.29, 1.82) is 0 Å². The first kappa shape index (κ1) is 13.3. The van der Waals surface area contributed by atoms with E-state index in [1.165, 1.54) is 11.3 Å². The van der Waals surface area contributed by atoms with Gasteiger partial charge >= 0.3 is 0 Å². The number of hydrogen-bond acceptors (Lipinski definition) is 4. The second-order valence-corrected chi connectivity index (χ2v) is 5.28. The monoisotopic (exact) mass is 271 g/mol. The molecule has 3 heterocycles. The molecule has 106 valence electrons. The normalized spacial score (nSPS) is 16.5. The molecule has 0 bridgehead atoms. The van der Waals surface area contributed by atoms with Crippen LogP contribution in [0.15, 0.2) is 24.4 Å². The third kappa shape index (κ3) is 2.59. The fourth-order valence-electron chi connectivity index (χ4n) is 2.70. The Bertz CT molecular complexity index is 569. The Morgan fingerprint density at radius 2 is 2.00 bits per heavy atom. The molecule has 0 unspecified atom stereocenters. The third-order valence-electron chi connectivity index (χ3n) is 3.90. The molecule has 2 aromatic heterocycles. The van der Waals surface area contributed by atoms with Gasteiger partial charge in [0.25, 0.3) is 0 Å². The molecule has 0 atom stereocenters. The first-order valence-electron chi connectivity index (χ1n) is 7.15. The van der Waals surface area contributed by atoms with Gasteiger partial charge in [-0.15, -0.1) is 0 Å². The highest BCUT2D eigenvalue weighted by Gasteiger charge is 2.17. The predicted molar refractivity (Wildman–Crippen MR) is 79.0 cm³/mol. The van der Waals surface area contributed by atoms with Gasteiger partial charge in [-0.2, -0.15) is 5.10 Å². The molecule has 1 N–H and O–H groups in total. The summed E-state index contributed by atoms with van der Waals surface area (Å²) >= 11 is 0. The largest absolute Gasteiger partial charge is 0.314 e. The van der Waals surface area contributed by atoms with Crippen molar-refractivity contribution in [1.82, 2.24) is 25.0 Å². The molecule has 20 heavy (non-hydrogen) atoms. The topological polar surface area (TPSA) is 46.0 Å². The van der Waals surface area contributed by atoms with Crippen LogP contribution in [0.3, 0.4) is 0 Å². The van der Waals surface area contributed by atoms with Gasteiger partial charge in [0, 0.05) is 50.2 Å². The second-order valence-electron chi connectivity index (χ2n) is 5.28. The Morgan fingerprint density at radius 1 is 1.20 bits per heavy atom. The van der Waals surface area contributed by atoms with Gasteiger partial charge in [-0.3, -0.25) is 4.90 Å². The number of aromatic nitrogens is 3. The zero-order chi connectivity index (χ0) is 13.9. The van der Waals surface area contributed by atoms with E-state index in [-0.39, 0.29) is 0 Å². The molecule has 3 rings (SSSR count). The molecule has 1 saturated heterocycles. The summed E-state index contributed by atoms with van der Waals surface area (Å²) in [6, 6.07) is 5.92. The minimum Gasteiger partial charge on any atom is -0.314 e. The van der Waals surface area contributed by atoms with E-state index in [4.69, 9.17) is 0 Å². The van der Waals surface area contributed by atoms with Crippen molar-refractivity contribution in [2.45, 2.75) is 20.4 Å². The zero-order valence-corrected chi connectivity index (χ0v) is 12.1. The number of hydrogen-bond donors (Lipinski definition) is 1. The summed E-state index contributed by atoms with van der Waals surface area (Å²) < 4.78 is 1.95. The van der Waals surface area contributed by atoms with Crippen molar-refractivity contribution in [3.8, 4) is 5.82 Å². The Morgan fingerprint density at radius 3 is 2.70 bits per heavy atom. The van der Waals surface area contributed by atoms with Crippen LogP contribution in [0.25, 0.3) is 5.82 Å². The first-order chi connectivity index (χ1) is 9.75. The summed E-state index contributed by atoms with van der Waals surface area (Å²) in [7, 11) is 0. The molecule has 0 saturated carbocycles. The fraction of sp³-hybridized carbons (Fsp3) is 0.467. The highest BCUT2D eigenvalue weighted by atomic mass is 15.3. The lowest BCUT2D eigenvalue weighted by Gasteiger charge is -2.27. The number of aryl methyl sites for hydroxylation is 1. The van der Waals surface area contributed by atoms with Gasteiger partial charge in [0.1, 0.15) is 0 Å². The highest BCUT2D eigenvalue weighted by molar-refractivity contribution is 5.32. The number of rotatable bonds is 3. The zero-order valence-electron chi connectivity index (χ0n) is 12.1. The highest BCUT2D eigenvalue weighted by Crippen LogP contribution is 2.18. The molecule has 2 aromatic rings. The summed E-state index contributed by atoms with van der Waals surface area (Å²) in [6.45, 7) is 9.56. The van der Waals surface area contributed by atoms with Crippen LogP contribution in [0.1, 0.15) is 17.0 Å². The Hall–Kier alpha value is -1.72. The Labute approximate surface area is 119 Å². The quantitative estimate of drug-likeness (QED) is 0.914. The van der Waals surface area contributed by atoms with Gasteiger partial charge in [0.05, 0.1) is 5.69 Å². The predicted octanol–water partition coefficient (Wildman–Crippen LogP) is 1.29. The van der Waals surface area contributed by atoms with E-state index in [9.17, 15) is 0 Å². The van der Waals surface area contributed by atoms with E-state index >= 15 is 0 Å². The van der Waals surface area contributed by atoms with Crippen LogP contribution < -0.4 is 5.32 Å². The van der Waals surface area contributed by atoms with Crippen LogP contribution in [0.4, 0.5) is 0 Å². The maximum absolute atomic E-state index is 4.66. The van der Waals surface area contributed by atoms with Crippen LogP contribution in [-0.4, -0.2) is 45.8 Å². The van der Waals surface area contributed by atoms with Gasteiger partial charge in [0.2, 0.25) is 0 Å². The third-order valence-corrected chi connectivity index (χ3v) is 3.90.